The van der Waals surface area contributed by atoms with Gasteiger partial charge in [-0.25, -0.2) is 9.37 Å². The summed E-state index contributed by atoms with van der Waals surface area (Å²) in [5, 5.41) is 13.1. The molecular weight excluding hydrogens is 530 g/mol. The smallest absolute Gasteiger partial charge is 0.424 e. The predicted molar refractivity (Wildman–Crippen MR) is 131 cm³/mol. The molecule has 0 aliphatic heterocycles. The summed E-state index contributed by atoms with van der Waals surface area (Å²) in [5.41, 5.74) is -4.46. The molecule has 1 amide bonds. The molecule has 0 saturated carbocycles. The summed E-state index contributed by atoms with van der Waals surface area (Å²) in [6.45, 7) is -1.31. The number of carbonyl (C=O) groups excluding carboxylic acids is 2. The van der Waals surface area contributed by atoms with Crippen molar-refractivity contribution in [1.82, 2.24) is 15.3 Å². The number of ether oxygens (including phenoxy) is 1. The first-order valence-corrected chi connectivity index (χ1v) is 11.3. The standard InChI is InChI=1S/C26H18ClF4N3O4/c1-38-20-11-17(9-14-3-2-8-32-23(14)20)24(36)33-13-25(37,26(29,30)31)21-7-5-16(12-35)22(34-21)15-4-6-19(28)18(27)10-15/h2-12,37H,13H2,1H3,(H,33,36). The van der Waals surface area contributed by atoms with Crippen molar-refractivity contribution in [3.05, 3.63) is 88.5 Å². The highest BCUT2D eigenvalue weighted by Crippen LogP contribution is 2.39. The zero-order valence-corrected chi connectivity index (χ0v) is 20.3. The van der Waals surface area contributed by atoms with Gasteiger partial charge in [-0.05, 0) is 48.5 Å². The van der Waals surface area contributed by atoms with E-state index in [9.17, 15) is 32.3 Å². The Labute approximate surface area is 218 Å². The number of aldehydes is 1. The highest BCUT2D eigenvalue weighted by molar-refractivity contribution is 6.31. The van der Waals surface area contributed by atoms with Crippen LogP contribution in [0.4, 0.5) is 17.6 Å². The van der Waals surface area contributed by atoms with Crippen LogP contribution in [0.25, 0.3) is 22.2 Å². The van der Waals surface area contributed by atoms with Crippen LogP contribution in [0.15, 0.2) is 60.8 Å². The van der Waals surface area contributed by atoms with E-state index in [1.807, 2.05) is 0 Å². The van der Waals surface area contributed by atoms with Crippen LogP contribution in [-0.2, 0) is 5.60 Å². The number of pyridine rings is 2. The van der Waals surface area contributed by atoms with Crippen LogP contribution in [0.2, 0.25) is 5.02 Å². The summed E-state index contributed by atoms with van der Waals surface area (Å²) in [4.78, 5) is 32.4. The van der Waals surface area contributed by atoms with E-state index in [0.717, 1.165) is 24.3 Å². The molecule has 2 aromatic heterocycles. The van der Waals surface area contributed by atoms with Crippen LogP contribution >= 0.6 is 11.6 Å². The van der Waals surface area contributed by atoms with Gasteiger partial charge in [0.2, 0.25) is 5.60 Å². The number of hydrogen-bond acceptors (Lipinski definition) is 6. The van der Waals surface area contributed by atoms with E-state index in [1.54, 1.807) is 12.1 Å². The van der Waals surface area contributed by atoms with Gasteiger partial charge in [-0.2, -0.15) is 13.2 Å². The van der Waals surface area contributed by atoms with E-state index < -0.39 is 35.7 Å². The Hall–Kier alpha value is -4.09. The van der Waals surface area contributed by atoms with E-state index >= 15 is 0 Å². The number of fused-ring (bicyclic) bond motifs is 1. The first kappa shape index (κ1) is 27.0. The van der Waals surface area contributed by atoms with Gasteiger partial charge in [-0.15, -0.1) is 0 Å². The first-order valence-electron chi connectivity index (χ1n) is 10.9. The van der Waals surface area contributed by atoms with Crippen molar-refractivity contribution >= 4 is 34.7 Å². The summed E-state index contributed by atoms with van der Waals surface area (Å²) in [5.74, 6) is -1.48. The maximum Gasteiger partial charge on any atom is 0.424 e. The van der Waals surface area contributed by atoms with Gasteiger partial charge in [0, 0.05) is 28.3 Å². The topological polar surface area (TPSA) is 101 Å². The predicted octanol–water partition coefficient (Wildman–Crippen LogP) is 5.09. The second-order valence-electron chi connectivity index (χ2n) is 8.18. The highest BCUT2D eigenvalue weighted by Gasteiger charge is 2.56. The number of aromatic nitrogens is 2. The summed E-state index contributed by atoms with van der Waals surface area (Å²) < 4.78 is 61.4. The first-order chi connectivity index (χ1) is 18.0. The molecule has 4 aromatic rings. The Morgan fingerprint density at radius 2 is 1.92 bits per heavy atom. The fourth-order valence-corrected chi connectivity index (χ4v) is 3.94. The average Bonchev–Trinajstić information content (AvgIpc) is 2.91. The van der Waals surface area contributed by atoms with Crippen LogP contribution in [0.3, 0.4) is 0 Å². The monoisotopic (exact) mass is 547 g/mol. The van der Waals surface area contributed by atoms with Gasteiger partial charge in [0.05, 0.1) is 30.1 Å². The van der Waals surface area contributed by atoms with Crippen molar-refractivity contribution in [3.63, 3.8) is 0 Å². The van der Waals surface area contributed by atoms with E-state index in [0.29, 0.717) is 17.2 Å². The minimum atomic E-state index is -5.29. The number of nitrogens with one attached hydrogen (secondary N) is 1. The molecule has 2 heterocycles. The zero-order chi connectivity index (χ0) is 27.7. The summed E-state index contributed by atoms with van der Waals surface area (Å²) >= 11 is 5.78. The molecule has 1 unspecified atom stereocenters. The molecule has 2 aromatic carbocycles. The third-order valence-electron chi connectivity index (χ3n) is 5.80. The molecule has 2 N–H and O–H groups in total. The number of carbonyl (C=O) groups is 2. The molecular formula is C26H18ClF4N3O4. The fourth-order valence-electron chi connectivity index (χ4n) is 3.76. The lowest BCUT2D eigenvalue weighted by Crippen LogP contribution is -2.51. The van der Waals surface area contributed by atoms with Gasteiger partial charge >= 0.3 is 6.18 Å². The number of alkyl halides is 3. The maximum absolute atomic E-state index is 14.2. The Morgan fingerprint density at radius 1 is 1.16 bits per heavy atom. The lowest BCUT2D eigenvalue weighted by molar-refractivity contribution is -0.265. The minimum Gasteiger partial charge on any atom is -0.494 e. The fraction of sp³-hybridized carbons (Fsp3) is 0.154. The number of amides is 1. The third kappa shape index (κ3) is 5.02. The van der Waals surface area contributed by atoms with Crippen molar-refractivity contribution < 1.29 is 37.0 Å². The van der Waals surface area contributed by atoms with Gasteiger partial charge in [-0.1, -0.05) is 17.7 Å². The SMILES string of the molecule is COc1cc(C(=O)NCC(O)(c2ccc(C=O)c(-c3ccc(F)c(Cl)c3)n2)C(F)(F)F)cc2cccnc12. The normalized spacial score (nSPS) is 13.1. The summed E-state index contributed by atoms with van der Waals surface area (Å²) in [6.07, 6.45) is -3.43. The van der Waals surface area contributed by atoms with Gasteiger partial charge in [-0.3, -0.25) is 14.6 Å². The number of halogens is 5. The van der Waals surface area contributed by atoms with Crippen molar-refractivity contribution in [1.29, 1.82) is 0 Å². The van der Waals surface area contributed by atoms with Gasteiger partial charge < -0.3 is 15.2 Å². The van der Waals surface area contributed by atoms with E-state index in [2.05, 4.69) is 15.3 Å². The molecule has 38 heavy (non-hydrogen) atoms. The average molecular weight is 548 g/mol. The number of methoxy groups -OCH3 is 1. The van der Waals surface area contributed by atoms with E-state index in [-0.39, 0.29) is 33.2 Å². The van der Waals surface area contributed by atoms with Crippen molar-refractivity contribution in [3.8, 4) is 17.0 Å². The molecule has 0 radical (unpaired) electrons. The van der Waals surface area contributed by atoms with Gasteiger partial charge in [0.25, 0.3) is 5.91 Å². The Kier molecular flexibility index (Phi) is 7.34. The number of benzene rings is 2. The minimum absolute atomic E-state index is 0.0298. The zero-order valence-electron chi connectivity index (χ0n) is 19.5. The molecule has 196 valence electrons. The lowest BCUT2D eigenvalue weighted by atomic mass is 9.95. The molecule has 12 heteroatoms. The second kappa shape index (κ2) is 10.3. The summed E-state index contributed by atoms with van der Waals surface area (Å²) in [6, 6.07) is 11.1. The van der Waals surface area contributed by atoms with E-state index in [1.165, 1.54) is 31.5 Å². The molecule has 0 spiro atoms. The van der Waals surface area contributed by atoms with E-state index in [4.69, 9.17) is 16.3 Å². The molecule has 0 fully saturated rings. The van der Waals surface area contributed by atoms with Crippen LogP contribution in [0.1, 0.15) is 26.4 Å². The number of hydrogen-bond donors (Lipinski definition) is 2. The van der Waals surface area contributed by atoms with Gasteiger partial charge in [0.1, 0.15) is 17.1 Å². The van der Waals surface area contributed by atoms with Crippen molar-refractivity contribution in [2.75, 3.05) is 13.7 Å². The van der Waals surface area contributed by atoms with Crippen LogP contribution < -0.4 is 10.1 Å². The molecule has 0 saturated heterocycles. The quantitative estimate of drug-likeness (QED) is 0.247. The third-order valence-corrected chi connectivity index (χ3v) is 6.09. The van der Waals surface area contributed by atoms with Crippen LogP contribution in [-0.4, -0.2) is 47.1 Å². The Morgan fingerprint density at radius 3 is 2.58 bits per heavy atom. The molecule has 0 aliphatic rings. The number of rotatable bonds is 7. The van der Waals surface area contributed by atoms with Crippen LogP contribution in [0, 0.1) is 5.82 Å². The van der Waals surface area contributed by atoms with Gasteiger partial charge in [0.15, 0.2) is 6.29 Å². The van der Waals surface area contributed by atoms with Crippen LogP contribution in [0.5, 0.6) is 5.75 Å². The number of nitrogens with zero attached hydrogens (tertiary/aromatic N) is 2. The molecule has 1 atom stereocenters. The molecule has 4 rings (SSSR count). The largest absolute Gasteiger partial charge is 0.494 e. The lowest BCUT2D eigenvalue weighted by Gasteiger charge is -2.30. The van der Waals surface area contributed by atoms with Crippen molar-refractivity contribution in [2.45, 2.75) is 11.8 Å². The van der Waals surface area contributed by atoms with Crippen molar-refractivity contribution in [2.24, 2.45) is 0 Å². The Balaban J connectivity index is 1.71. The molecule has 0 bridgehead atoms. The number of aliphatic hydroxyl groups is 1. The molecule has 0 aliphatic carbocycles. The maximum atomic E-state index is 14.2. The molecule has 7 nitrogen and oxygen atoms in total. The summed E-state index contributed by atoms with van der Waals surface area (Å²) in [7, 11) is 1.36. The highest BCUT2D eigenvalue weighted by atomic mass is 35.5. The Bertz CT molecular complexity index is 1550. The second-order valence-corrected chi connectivity index (χ2v) is 8.58.